The van der Waals surface area contributed by atoms with Gasteiger partial charge in [-0.3, -0.25) is 9.59 Å². The number of ether oxygens (including phenoxy) is 6. The minimum Gasteiger partial charge on any atom is -0.465 e. The van der Waals surface area contributed by atoms with Gasteiger partial charge < -0.3 is 28.4 Å². The van der Waals surface area contributed by atoms with Crippen molar-refractivity contribution in [1.29, 1.82) is 0 Å². The fourth-order valence-electron chi connectivity index (χ4n) is 6.01. The number of unbranched alkanes of at least 4 members (excludes halogenated alkanes) is 3. The van der Waals surface area contributed by atoms with Gasteiger partial charge in [-0.2, -0.15) is 0 Å². The maximum Gasteiger partial charge on any atom is 0.305 e. The topological polar surface area (TPSA) is 120 Å². The summed E-state index contributed by atoms with van der Waals surface area (Å²) in [5, 5.41) is 8.86. The first-order valence-electron chi connectivity index (χ1n) is 17.0. The molecule has 0 N–H and O–H groups in total. The summed E-state index contributed by atoms with van der Waals surface area (Å²) in [5.41, 5.74) is 2.31. The van der Waals surface area contributed by atoms with E-state index in [2.05, 4.69) is 17.2 Å². The first-order valence-corrected chi connectivity index (χ1v) is 17.0. The highest BCUT2D eigenvalue weighted by Crippen LogP contribution is 2.52. The number of carbonyl (C=O) groups is 2. The quantitative estimate of drug-likeness (QED) is 0.103. The van der Waals surface area contributed by atoms with Crippen LogP contribution >= 0.6 is 0 Å². The highest BCUT2D eigenvalue weighted by molar-refractivity contribution is 5.78. The maximum atomic E-state index is 12.1. The number of carbonyl (C=O) groups excluding carboxylic acids is 2. The SMILES string of the molecule is CCCCCCC(=O)CCCOCCOCCOCCn1nnc2c1CCC1C(CC2)C1COC(=O)CCCOCCOC. The van der Waals surface area contributed by atoms with Gasteiger partial charge in [-0.15, -0.1) is 5.10 Å². The predicted molar refractivity (Wildman–Crippen MR) is 165 cm³/mol. The molecule has 0 saturated heterocycles. The van der Waals surface area contributed by atoms with Crippen LogP contribution in [0.2, 0.25) is 0 Å². The first-order chi connectivity index (χ1) is 21.6. The van der Waals surface area contributed by atoms with E-state index in [-0.39, 0.29) is 5.97 Å². The standard InChI is InChI=1S/C33H57N3O8/c1-3-4-5-6-9-27(37)10-7-17-41-22-24-43-25-23-42-19-16-36-32-15-13-29-28(12-14-31(32)34-35-36)30(29)26-44-33(38)11-8-18-40-21-20-39-2/h28-30H,3-26H2,1-2H3. The second-order valence-corrected chi connectivity index (χ2v) is 12.0. The highest BCUT2D eigenvalue weighted by atomic mass is 16.5. The molecule has 3 rings (SSSR count). The number of rotatable bonds is 27. The Labute approximate surface area is 264 Å². The van der Waals surface area contributed by atoms with Gasteiger partial charge in [0.15, 0.2) is 0 Å². The summed E-state index contributed by atoms with van der Waals surface area (Å²) >= 11 is 0. The van der Waals surface area contributed by atoms with E-state index in [0.29, 0.717) is 122 Å². The van der Waals surface area contributed by atoms with Crippen molar-refractivity contribution in [1.82, 2.24) is 15.0 Å². The van der Waals surface area contributed by atoms with Crippen molar-refractivity contribution < 1.29 is 38.0 Å². The van der Waals surface area contributed by atoms with Gasteiger partial charge in [0.25, 0.3) is 0 Å². The summed E-state index contributed by atoms with van der Waals surface area (Å²) in [5.74, 6) is 1.90. The van der Waals surface area contributed by atoms with Gasteiger partial charge in [0.1, 0.15) is 5.78 Å². The second kappa shape index (κ2) is 22.6. The van der Waals surface area contributed by atoms with Crippen LogP contribution in [0.5, 0.6) is 0 Å². The summed E-state index contributed by atoms with van der Waals surface area (Å²) in [6.07, 6.45) is 11.8. The number of fused-ring (bicyclic) bond motifs is 2. The normalized spacial score (nSPS) is 19.2. The largest absolute Gasteiger partial charge is 0.465 e. The molecule has 2 aliphatic rings. The van der Waals surface area contributed by atoms with E-state index < -0.39 is 0 Å². The highest BCUT2D eigenvalue weighted by Gasteiger charge is 2.50. The average Bonchev–Trinajstić information content (AvgIpc) is 3.53. The lowest BCUT2D eigenvalue weighted by Gasteiger charge is -2.11. The Bertz CT molecular complexity index is 927. The van der Waals surface area contributed by atoms with E-state index in [9.17, 15) is 9.59 Å². The van der Waals surface area contributed by atoms with E-state index in [4.69, 9.17) is 28.4 Å². The smallest absolute Gasteiger partial charge is 0.305 e. The van der Waals surface area contributed by atoms with Crippen molar-refractivity contribution >= 4 is 11.8 Å². The zero-order chi connectivity index (χ0) is 31.2. The molecule has 0 radical (unpaired) electrons. The maximum absolute atomic E-state index is 12.1. The van der Waals surface area contributed by atoms with Crippen LogP contribution in [0, 0.1) is 17.8 Å². The number of methoxy groups -OCH3 is 1. The minimum absolute atomic E-state index is 0.133. The predicted octanol–water partition coefficient (Wildman–Crippen LogP) is 4.38. The van der Waals surface area contributed by atoms with E-state index >= 15 is 0 Å². The number of hydrogen-bond donors (Lipinski definition) is 0. The molecule has 11 nitrogen and oxygen atoms in total. The molecule has 1 aromatic heterocycles. The molecule has 0 aromatic carbocycles. The zero-order valence-corrected chi connectivity index (χ0v) is 27.3. The lowest BCUT2D eigenvalue weighted by molar-refractivity contribution is -0.144. The summed E-state index contributed by atoms with van der Waals surface area (Å²) in [6.45, 7) is 8.31. The number of nitrogens with zero attached hydrogens (tertiary/aromatic N) is 3. The Kier molecular flexibility index (Phi) is 18.7. The number of aryl methyl sites for hydroxylation is 1. The molecule has 252 valence electrons. The van der Waals surface area contributed by atoms with Gasteiger partial charge in [-0.25, -0.2) is 4.68 Å². The molecule has 0 bridgehead atoms. The summed E-state index contributed by atoms with van der Waals surface area (Å²) in [7, 11) is 1.64. The van der Waals surface area contributed by atoms with Crippen LogP contribution in [0.15, 0.2) is 0 Å². The monoisotopic (exact) mass is 623 g/mol. The third-order valence-electron chi connectivity index (χ3n) is 8.64. The van der Waals surface area contributed by atoms with Crippen molar-refractivity contribution in [2.75, 3.05) is 73.2 Å². The van der Waals surface area contributed by atoms with Crippen LogP contribution in [0.3, 0.4) is 0 Å². The zero-order valence-electron chi connectivity index (χ0n) is 27.3. The van der Waals surface area contributed by atoms with Gasteiger partial charge in [0.2, 0.25) is 0 Å². The van der Waals surface area contributed by atoms with Crippen LogP contribution in [0.4, 0.5) is 0 Å². The van der Waals surface area contributed by atoms with Gasteiger partial charge in [-0.05, 0) is 62.7 Å². The second-order valence-electron chi connectivity index (χ2n) is 12.0. The fourth-order valence-corrected chi connectivity index (χ4v) is 6.01. The van der Waals surface area contributed by atoms with Crippen molar-refractivity contribution in [3.63, 3.8) is 0 Å². The van der Waals surface area contributed by atoms with Gasteiger partial charge in [-0.1, -0.05) is 31.4 Å². The molecule has 3 unspecified atom stereocenters. The number of aromatic nitrogens is 3. The van der Waals surface area contributed by atoms with E-state index in [1.54, 1.807) is 7.11 Å². The Balaban J connectivity index is 1.16. The van der Waals surface area contributed by atoms with Crippen LogP contribution < -0.4 is 0 Å². The van der Waals surface area contributed by atoms with E-state index in [1.807, 2.05) is 4.68 Å². The Morgan fingerprint density at radius 2 is 1.39 bits per heavy atom. The Morgan fingerprint density at radius 3 is 2.11 bits per heavy atom. The Morgan fingerprint density at radius 1 is 0.750 bits per heavy atom. The van der Waals surface area contributed by atoms with Crippen molar-refractivity contribution in [3.8, 4) is 0 Å². The van der Waals surface area contributed by atoms with Crippen LogP contribution in [-0.4, -0.2) is 99.9 Å². The lowest BCUT2D eigenvalue weighted by Crippen LogP contribution is -2.15. The van der Waals surface area contributed by atoms with Gasteiger partial charge in [0, 0.05) is 39.6 Å². The fraction of sp³-hybridized carbons (Fsp3) is 0.879. The molecular weight excluding hydrogens is 566 g/mol. The number of Topliss-reactive ketones (excluding diaryl/α,β-unsaturated/α-hetero) is 1. The molecule has 0 aliphatic heterocycles. The van der Waals surface area contributed by atoms with Crippen molar-refractivity contribution in [2.45, 2.75) is 96.9 Å². The van der Waals surface area contributed by atoms with Crippen molar-refractivity contribution in [2.24, 2.45) is 17.8 Å². The third-order valence-corrected chi connectivity index (χ3v) is 8.64. The molecule has 44 heavy (non-hydrogen) atoms. The summed E-state index contributed by atoms with van der Waals surface area (Å²) < 4.78 is 34.9. The molecule has 1 saturated carbocycles. The van der Waals surface area contributed by atoms with Gasteiger partial charge >= 0.3 is 5.97 Å². The van der Waals surface area contributed by atoms with E-state index in [1.165, 1.54) is 18.5 Å². The molecule has 2 aliphatic carbocycles. The summed E-state index contributed by atoms with van der Waals surface area (Å²) in [4.78, 5) is 24.0. The first kappa shape index (κ1) is 36.5. The third kappa shape index (κ3) is 14.5. The number of ketones is 1. The van der Waals surface area contributed by atoms with Gasteiger partial charge in [0.05, 0.1) is 70.8 Å². The Hall–Kier alpha value is -1.92. The van der Waals surface area contributed by atoms with E-state index in [0.717, 1.165) is 50.6 Å². The van der Waals surface area contributed by atoms with Crippen LogP contribution in [0.1, 0.15) is 88.9 Å². The molecule has 1 heterocycles. The van der Waals surface area contributed by atoms with Crippen LogP contribution in [0.25, 0.3) is 0 Å². The van der Waals surface area contributed by atoms with Crippen LogP contribution in [-0.2, 0) is 57.4 Å². The number of esters is 1. The molecule has 3 atom stereocenters. The molecule has 0 amide bonds. The molecule has 0 spiro atoms. The molecule has 1 fully saturated rings. The summed E-state index contributed by atoms with van der Waals surface area (Å²) in [6, 6.07) is 0. The van der Waals surface area contributed by atoms with Crippen molar-refractivity contribution in [3.05, 3.63) is 11.4 Å². The molecular formula is C33H57N3O8. The lowest BCUT2D eigenvalue weighted by atomic mass is 10.0. The molecule has 1 aromatic rings. The molecule has 11 heteroatoms. The minimum atomic E-state index is -0.133. The average molecular weight is 624 g/mol. The number of hydrogen-bond acceptors (Lipinski definition) is 10.